The van der Waals surface area contributed by atoms with E-state index in [1.807, 2.05) is 0 Å². The molecule has 0 radical (unpaired) electrons. The molecule has 21 rings (SSSR count). The summed E-state index contributed by atoms with van der Waals surface area (Å²) in [6.45, 7) is 0. The smallest absolute Gasteiger partial charge is 0.0547 e. The van der Waals surface area contributed by atoms with Crippen molar-refractivity contribution in [2.75, 3.05) is 9.80 Å². The predicted octanol–water partition coefficient (Wildman–Crippen LogP) is 30.0. The molecule has 2 aromatic heterocycles. The first-order valence-electron chi connectivity index (χ1n) is 38.5. The molecule has 0 unspecified atom stereocenters. The van der Waals surface area contributed by atoms with Crippen LogP contribution in [0.1, 0.15) is 0 Å². The van der Waals surface area contributed by atoms with Crippen LogP contribution < -0.4 is 9.80 Å². The van der Waals surface area contributed by atoms with Crippen LogP contribution in [0.3, 0.4) is 0 Å². The minimum atomic E-state index is 1.10. The normalized spacial score (nSPS) is 11.4. The first-order valence-corrected chi connectivity index (χ1v) is 38.5. The zero-order valence-electron chi connectivity index (χ0n) is 61.5. The molecule has 4 heteroatoms. The van der Waals surface area contributed by atoms with Gasteiger partial charge in [-0.2, -0.15) is 0 Å². The molecule has 0 bridgehead atoms. The van der Waals surface area contributed by atoms with Gasteiger partial charge < -0.3 is 18.9 Å². The highest BCUT2D eigenvalue weighted by atomic mass is 15.2. The molecule has 0 saturated heterocycles. The maximum Gasteiger partial charge on any atom is 0.0547 e. The quantitative estimate of drug-likeness (QED) is 0.108. The van der Waals surface area contributed by atoms with E-state index in [0.717, 1.165) is 67.8 Å². The van der Waals surface area contributed by atoms with Crippen LogP contribution in [0.2, 0.25) is 0 Å². The summed E-state index contributed by atoms with van der Waals surface area (Å²) >= 11 is 0. The molecule has 0 aliphatic rings. The fourth-order valence-corrected chi connectivity index (χ4v) is 16.9. The van der Waals surface area contributed by atoms with Crippen LogP contribution in [-0.2, 0) is 0 Å². The van der Waals surface area contributed by atoms with Crippen molar-refractivity contribution in [1.82, 2.24) is 9.13 Å². The summed E-state index contributed by atoms with van der Waals surface area (Å²) in [7, 11) is 0. The second-order valence-electron chi connectivity index (χ2n) is 28.7. The number of hydrogen-bond donors (Lipinski definition) is 0. The van der Waals surface area contributed by atoms with Gasteiger partial charge in [-0.25, -0.2) is 0 Å². The molecule has 0 fully saturated rings. The molecular weight excluding hydrogens is 1350 g/mol. The summed E-state index contributed by atoms with van der Waals surface area (Å²) in [5.41, 5.74) is 28.1. The van der Waals surface area contributed by atoms with Crippen LogP contribution in [0, 0.1) is 0 Å². The average Bonchev–Trinajstić information content (AvgIpc) is 1.59. The van der Waals surface area contributed by atoms with Crippen molar-refractivity contribution in [3.8, 4) is 78.1 Å². The minimum absolute atomic E-state index is 1.10. The van der Waals surface area contributed by atoms with E-state index in [2.05, 4.69) is 468 Å². The zero-order chi connectivity index (χ0) is 74.3. The maximum atomic E-state index is 2.41. The maximum absolute atomic E-state index is 2.41. The van der Waals surface area contributed by atoms with Crippen molar-refractivity contribution in [3.05, 3.63) is 449 Å². The Morgan fingerprint density at radius 2 is 0.429 bits per heavy atom. The molecule has 0 atom stereocenters. The van der Waals surface area contributed by atoms with Gasteiger partial charge in [0.25, 0.3) is 0 Å². The van der Waals surface area contributed by atoms with Gasteiger partial charge in [-0.05, 0) is 197 Å². The second kappa shape index (κ2) is 29.0. The number of para-hydroxylation sites is 5. The lowest BCUT2D eigenvalue weighted by molar-refractivity contribution is 1.18. The number of nitrogens with zero attached hydrogens (tertiary/aromatic N) is 4. The molecule has 0 saturated carbocycles. The SMILES string of the molecule is c1ccc(-c2ccc(N(c3ccc(-c4cccc5ccccc45)cc3)c3ccccc3-c3ccc(-n4c5ccccc5c5c6ccccc6ccc54)cc3)cc2)cc1.c1ccc(-c2ccc(N(c3ccc(-c4cccc5ccccc45)cc3)c3ccccc3-c3ccc(-n4c5ccccc5c5ccccc54)cc3)cc2)cc1. The van der Waals surface area contributed by atoms with Gasteiger partial charge in [-0.15, -0.1) is 0 Å². The Morgan fingerprint density at radius 1 is 0.152 bits per heavy atom. The third kappa shape index (κ3) is 12.3. The molecule has 2 heterocycles. The van der Waals surface area contributed by atoms with Crippen molar-refractivity contribution in [1.29, 1.82) is 0 Å². The lowest BCUT2D eigenvalue weighted by Gasteiger charge is -2.28. The Kier molecular flexibility index (Phi) is 17.3. The Hall–Kier alpha value is -14.8. The molecule has 0 N–H and O–H groups in total. The number of anilines is 6. The van der Waals surface area contributed by atoms with Crippen molar-refractivity contribution in [3.63, 3.8) is 0 Å². The van der Waals surface area contributed by atoms with Crippen LogP contribution in [0.5, 0.6) is 0 Å². The number of fused-ring (bicyclic) bond motifs is 10. The summed E-state index contributed by atoms with van der Waals surface area (Å²) in [4.78, 5) is 4.78. The van der Waals surface area contributed by atoms with Gasteiger partial charge in [0.1, 0.15) is 0 Å². The van der Waals surface area contributed by atoms with E-state index in [0.29, 0.717) is 0 Å². The van der Waals surface area contributed by atoms with Crippen LogP contribution in [0.4, 0.5) is 34.1 Å². The summed E-state index contributed by atoms with van der Waals surface area (Å²) in [5.74, 6) is 0. The van der Waals surface area contributed by atoms with Gasteiger partial charge in [0, 0.05) is 66.8 Å². The third-order valence-corrected chi connectivity index (χ3v) is 22.2. The highest BCUT2D eigenvalue weighted by Gasteiger charge is 2.23. The molecule has 0 aliphatic heterocycles. The van der Waals surface area contributed by atoms with Gasteiger partial charge in [0.15, 0.2) is 0 Å². The first kappa shape index (κ1) is 66.6. The Balaban J connectivity index is 0.000000146. The number of hydrogen-bond acceptors (Lipinski definition) is 2. The van der Waals surface area contributed by atoms with Crippen molar-refractivity contribution in [2.45, 2.75) is 0 Å². The highest BCUT2D eigenvalue weighted by molar-refractivity contribution is 6.21. The molecule has 4 nitrogen and oxygen atoms in total. The summed E-state index contributed by atoms with van der Waals surface area (Å²) in [6.07, 6.45) is 0. The van der Waals surface area contributed by atoms with Crippen molar-refractivity contribution in [2.24, 2.45) is 0 Å². The molecule has 0 aliphatic carbocycles. The van der Waals surface area contributed by atoms with Gasteiger partial charge in [-0.1, -0.05) is 340 Å². The van der Waals surface area contributed by atoms with Crippen molar-refractivity contribution < 1.29 is 0 Å². The van der Waals surface area contributed by atoms with E-state index in [1.165, 1.54) is 120 Å². The van der Waals surface area contributed by atoms with Gasteiger partial charge >= 0.3 is 0 Å². The molecule has 0 amide bonds. The molecule has 19 aromatic carbocycles. The molecule has 112 heavy (non-hydrogen) atoms. The predicted molar refractivity (Wildman–Crippen MR) is 476 cm³/mol. The van der Waals surface area contributed by atoms with E-state index in [9.17, 15) is 0 Å². The zero-order valence-corrected chi connectivity index (χ0v) is 61.5. The van der Waals surface area contributed by atoms with Crippen LogP contribution in [0.15, 0.2) is 449 Å². The molecular formula is C108H74N4. The number of rotatable bonds is 14. The topological polar surface area (TPSA) is 16.3 Å². The Morgan fingerprint density at radius 3 is 0.857 bits per heavy atom. The largest absolute Gasteiger partial charge is 0.310 e. The van der Waals surface area contributed by atoms with E-state index >= 15 is 0 Å². The summed E-state index contributed by atoms with van der Waals surface area (Å²) < 4.78 is 4.78. The van der Waals surface area contributed by atoms with Crippen LogP contribution in [0.25, 0.3) is 154 Å². The van der Waals surface area contributed by atoms with Gasteiger partial charge in [-0.3, -0.25) is 0 Å². The molecule has 526 valence electrons. The third-order valence-electron chi connectivity index (χ3n) is 22.2. The van der Waals surface area contributed by atoms with E-state index in [1.54, 1.807) is 0 Å². The Bertz CT molecular complexity index is 6940. The lowest BCUT2D eigenvalue weighted by atomic mass is 9.97. The standard InChI is InChI=1S/C56H38N2.C52H36N2/c1-2-13-39(14-3-1)40-25-32-45(33-26-40)57(46-34-27-43(28-35-46)49-22-12-17-41-15-4-6-18-48(41)49)53-23-10-8-19-50(53)44-29-36-47(37-30-44)58-54-24-11-9-21-52(54)56-51-20-7-5-16-42(51)31-38-55(56)58;1-2-13-37(14-3-1)38-25-31-42(32-26-38)53(43-33-27-40(28-34-43)46-21-12-16-39-15-4-5-17-45(39)46)50-22-9-6-18-47(50)41-29-35-44(36-30-41)54-51-23-10-7-19-48(51)49-20-8-11-24-52(49)54/h1-38H;1-36H. The fourth-order valence-electron chi connectivity index (χ4n) is 16.9. The van der Waals surface area contributed by atoms with Gasteiger partial charge in [0.2, 0.25) is 0 Å². The lowest BCUT2D eigenvalue weighted by Crippen LogP contribution is -2.11. The highest BCUT2D eigenvalue weighted by Crippen LogP contribution is 2.47. The fraction of sp³-hybridized carbons (Fsp3) is 0. The Labute approximate surface area is 651 Å². The van der Waals surface area contributed by atoms with Gasteiger partial charge in [0.05, 0.1) is 33.4 Å². The van der Waals surface area contributed by atoms with Crippen molar-refractivity contribution >= 4 is 110 Å². The summed E-state index contributed by atoms with van der Waals surface area (Å²) in [6, 6.07) is 162. The number of benzene rings is 19. The van der Waals surface area contributed by atoms with Crippen LogP contribution in [-0.4, -0.2) is 9.13 Å². The number of aromatic nitrogens is 2. The van der Waals surface area contributed by atoms with E-state index in [-0.39, 0.29) is 0 Å². The first-order chi connectivity index (χ1) is 55.6. The minimum Gasteiger partial charge on any atom is -0.310 e. The average molecular weight is 1430 g/mol. The van der Waals surface area contributed by atoms with E-state index in [4.69, 9.17) is 0 Å². The summed E-state index contributed by atoms with van der Waals surface area (Å²) in [5, 5.41) is 12.6. The monoisotopic (exact) mass is 1430 g/mol. The second-order valence-corrected chi connectivity index (χ2v) is 28.7. The molecule has 21 aromatic rings. The van der Waals surface area contributed by atoms with Crippen LogP contribution >= 0.6 is 0 Å². The van der Waals surface area contributed by atoms with E-state index < -0.39 is 0 Å². The molecule has 0 spiro atoms.